The van der Waals surface area contributed by atoms with Gasteiger partial charge < -0.3 is 4.43 Å². The second kappa shape index (κ2) is 10.2. The molecule has 0 unspecified atom stereocenters. The summed E-state index contributed by atoms with van der Waals surface area (Å²) in [4.78, 5) is 0. The van der Waals surface area contributed by atoms with Gasteiger partial charge in [-0.1, -0.05) is 20.8 Å². The standard InChI is InChI=1S/C4H10.C2H8OSi/c1-4(2)3;1-2-3-4/h4H,1-3H3;2H2,1,4H3. The van der Waals surface area contributed by atoms with E-state index < -0.39 is 0 Å². The van der Waals surface area contributed by atoms with Gasteiger partial charge in [0.1, 0.15) is 10.5 Å². The minimum Gasteiger partial charge on any atom is -0.428 e. The van der Waals surface area contributed by atoms with Crippen LogP contribution in [-0.4, -0.2) is 17.1 Å². The van der Waals surface area contributed by atoms with Crippen LogP contribution in [0.4, 0.5) is 0 Å². The number of rotatable bonds is 1. The maximum Gasteiger partial charge on any atom is 0.145 e. The molecule has 0 aliphatic heterocycles. The smallest absolute Gasteiger partial charge is 0.145 e. The van der Waals surface area contributed by atoms with Gasteiger partial charge in [0.15, 0.2) is 0 Å². The van der Waals surface area contributed by atoms with Crippen molar-refractivity contribution < 1.29 is 4.43 Å². The van der Waals surface area contributed by atoms with Gasteiger partial charge in [0.25, 0.3) is 0 Å². The molecule has 0 spiro atoms. The summed E-state index contributed by atoms with van der Waals surface area (Å²) in [6.45, 7) is 9.37. The molecule has 0 saturated carbocycles. The molecule has 0 aromatic rings. The average Bonchev–Trinajstić information content (AvgIpc) is 1.65. The zero-order chi connectivity index (χ0) is 6.99. The topological polar surface area (TPSA) is 9.23 Å². The van der Waals surface area contributed by atoms with Gasteiger partial charge in [0.05, 0.1) is 0 Å². The van der Waals surface area contributed by atoms with Gasteiger partial charge >= 0.3 is 0 Å². The van der Waals surface area contributed by atoms with Crippen LogP contribution in [-0.2, 0) is 4.43 Å². The van der Waals surface area contributed by atoms with E-state index in [-0.39, 0.29) is 0 Å². The maximum absolute atomic E-state index is 4.68. The van der Waals surface area contributed by atoms with Crippen molar-refractivity contribution in [1.29, 1.82) is 0 Å². The lowest BCUT2D eigenvalue weighted by Crippen LogP contribution is -1.76. The minimum atomic E-state index is 0.833. The summed E-state index contributed by atoms with van der Waals surface area (Å²) in [5.41, 5.74) is 0. The molecule has 0 aliphatic rings. The van der Waals surface area contributed by atoms with Crippen molar-refractivity contribution in [3.05, 3.63) is 0 Å². The molecule has 1 nitrogen and oxygen atoms in total. The molecule has 0 N–H and O–H groups in total. The third-order valence-corrected chi connectivity index (χ3v) is 0.866. The summed E-state index contributed by atoms with van der Waals surface area (Å²) in [7, 11) is 0.890. The molecular formula is C6H18OSi. The van der Waals surface area contributed by atoms with Crippen LogP contribution in [0.5, 0.6) is 0 Å². The second-order valence-corrected chi connectivity index (χ2v) is 2.89. The fourth-order valence-corrected chi connectivity index (χ4v) is 0. The molecule has 0 atom stereocenters. The van der Waals surface area contributed by atoms with E-state index >= 15 is 0 Å². The van der Waals surface area contributed by atoms with E-state index in [1.807, 2.05) is 6.92 Å². The number of hydrogen-bond acceptors (Lipinski definition) is 1. The lowest BCUT2D eigenvalue weighted by Gasteiger charge is -1.79. The van der Waals surface area contributed by atoms with Crippen molar-refractivity contribution in [2.75, 3.05) is 6.61 Å². The molecule has 0 rings (SSSR count). The van der Waals surface area contributed by atoms with Crippen LogP contribution in [0.25, 0.3) is 0 Å². The van der Waals surface area contributed by atoms with E-state index in [0.717, 1.165) is 23.0 Å². The highest BCUT2D eigenvalue weighted by molar-refractivity contribution is 5.97. The van der Waals surface area contributed by atoms with Gasteiger partial charge in [0.2, 0.25) is 0 Å². The highest BCUT2D eigenvalue weighted by Crippen LogP contribution is 1.81. The Labute approximate surface area is 56.0 Å². The maximum atomic E-state index is 4.68. The molecule has 0 heterocycles. The van der Waals surface area contributed by atoms with Crippen LogP contribution in [0.3, 0.4) is 0 Å². The highest BCUT2D eigenvalue weighted by Gasteiger charge is 1.68. The van der Waals surface area contributed by atoms with Crippen molar-refractivity contribution in [3.8, 4) is 0 Å². The van der Waals surface area contributed by atoms with Gasteiger partial charge in [-0.25, -0.2) is 0 Å². The lowest BCUT2D eigenvalue weighted by molar-refractivity contribution is 0.375. The Morgan fingerprint density at radius 3 is 1.50 bits per heavy atom. The van der Waals surface area contributed by atoms with Crippen LogP contribution in [0, 0.1) is 5.92 Å². The normalized spacial score (nSPS) is 8.62. The van der Waals surface area contributed by atoms with Gasteiger partial charge in [-0.3, -0.25) is 0 Å². The Bertz CT molecular complexity index is 25.0. The molecule has 0 aliphatic carbocycles. The van der Waals surface area contributed by atoms with Crippen LogP contribution in [0.15, 0.2) is 0 Å². The first-order valence-corrected chi connectivity index (χ1v) is 3.95. The Hall–Kier alpha value is 0.177. The molecule has 0 saturated heterocycles. The van der Waals surface area contributed by atoms with Gasteiger partial charge in [0, 0.05) is 6.61 Å². The SMILES string of the molecule is CC(C)C.CCO[SiH3]. The summed E-state index contributed by atoms with van der Waals surface area (Å²) in [5, 5.41) is 0. The first-order chi connectivity index (χ1) is 3.65. The summed E-state index contributed by atoms with van der Waals surface area (Å²) in [6, 6.07) is 0. The van der Waals surface area contributed by atoms with E-state index in [2.05, 4.69) is 25.2 Å². The summed E-state index contributed by atoms with van der Waals surface area (Å²) < 4.78 is 4.68. The number of hydrogen-bond donors (Lipinski definition) is 0. The second-order valence-electron chi connectivity index (χ2n) is 2.31. The molecule has 0 aromatic heterocycles. The molecular weight excluding hydrogens is 116 g/mol. The van der Waals surface area contributed by atoms with Crippen molar-refractivity contribution in [2.24, 2.45) is 5.92 Å². The molecule has 0 bridgehead atoms. The minimum absolute atomic E-state index is 0.833. The summed E-state index contributed by atoms with van der Waals surface area (Å²) >= 11 is 0. The van der Waals surface area contributed by atoms with E-state index in [9.17, 15) is 0 Å². The Balaban J connectivity index is 0. The summed E-state index contributed by atoms with van der Waals surface area (Å²) in [6.07, 6.45) is 0. The third-order valence-electron chi connectivity index (χ3n) is 0.289. The largest absolute Gasteiger partial charge is 0.428 e. The predicted molar refractivity (Wildman–Crippen MR) is 42.1 cm³/mol. The van der Waals surface area contributed by atoms with Crippen molar-refractivity contribution in [2.45, 2.75) is 27.7 Å². The van der Waals surface area contributed by atoms with Crippen LogP contribution in [0.1, 0.15) is 27.7 Å². The molecule has 0 radical (unpaired) electrons. The molecule has 2 heteroatoms. The van der Waals surface area contributed by atoms with Gasteiger partial charge in [-0.2, -0.15) is 0 Å². The highest BCUT2D eigenvalue weighted by atomic mass is 28.2. The van der Waals surface area contributed by atoms with Crippen LogP contribution >= 0.6 is 0 Å². The molecule has 0 amide bonds. The predicted octanol–water partition coefficient (Wildman–Crippen LogP) is 0.966. The quantitative estimate of drug-likeness (QED) is 0.486. The lowest BCUT2D eigenvalue weighted by atomic mass is 10.3. The van der Waals surface area contributed by atoms with E-state index in [0.29, 0.717) is 0 Å². The molecule has 52 valence electrons. The zero-order valence-corrected chi connectivity index (χ0v) is 8.69. The monoisotopic (exact) mass is 134 g/mol. The van der Waals surface area contributed by atoms with Gasteiger partial charge in [-0.15, -0.1) is 0 Å². The Morgan fingerprint density at radius 1 is 1.38 bits per heavy atom. The molecule has 0 aromatic carbocycles. The fraction of sp³-hybridized carbons (Fsp3) is 1.00. The van der Waals surface area contributed by atoms with Crippen LogP contribution in [0.2, 0.25) is 0 Å². The first kappa shape index (κ1) is 11.0. The van der Waals surface area contributed by atoms with E-state index in [4.69, 9.17) is 0 Å². The van der Waals surface area contributed by atoms with E-state index in [1.165, 1.54) is 0 Å². The van der Waals surface area contributed by atoms with Gasteiger partial charge in [-0.05, 0) is 12.8 Å². The van der Waals surface area contributed by atoms with E-state index in [1.54, 1.807) is 0 Å². The Kier molecular flexibility index (Phi) is 14.1. The summed E-state index contributed by atoms with van der Waals surface area (Å²) in [5.74, 6) is 0.833. The fourth-order valence-electron chi connectivity index (χ4n) is 0. The molecule has 0 fully saturated rings. The zero-order valence-electron chi connectivity index (χ0n) is 6.69. The van der Waals surface area contributed by atoms with Crippen molar-refractivity contribution >= 4 is 10.5 Å². The first-order valence-electron chi connectivity index (χ1n) is 3.14. The third kappa shape index (κ3) is 120. The molecule has 8 heavy (non-hydrogen) atoms. The van der Waals surface area contributed by atoms with Crippen LogP contribution < -0.4 is 0 Å². The Morgan fingerprint density at radius 2 is 1.50 bits per heavy atom. The average molecular weight is 134 g/mol. The van der Waals surface area contributed by atoms with Crippen molar-refractivity contribution in [3.63, 3.8) is 0 Å². The van der Waals surface area contributed by atoms with Crippen molar-refractivity contribution in [1.82, 2.24) is 0 Å².